The number of nitrogens with two attached hydrogens (primary N) is 1. The van der Waals surface area contributed by atoms with E-state index in [-0.39, 0.29) is 31.2 Å². The van der Waals surface area contributed by atoms with Crippen LogP contribution in [0.15, 0.2) is 72.8 Å². The summed E-state index contributed by atoms with van der Waals surface area (Å²) in [6, 6.07) is 22.5. The normalized spacial score (nSPS) is 13.4. The van der Waals surface area contributed by atoms with Crippen LogP contribution in [0.5, 0.6) is 0 Å². The van der Waals surface area contributed by atoms with Crippen molar-refractivity contribution in [1.29, 1.82) is 0 Å². The highest BCUT2D eigenvalue weighted by molar-refractivity contribution is 5.98. The molecule has 1 aliphatic rings. The van der Waals surface area contributed by atoms with Gasteiger partial charge in [0, 0.05) is 18.5 Å². The summed E-state index contributed by atoms with van der Waals surface area (Å²) in [4.78, 5) is 38.8. The minimum Gasteiger partial charge on any atom is -0.481 e. The van der Waals surface area contributed by atoms with E-state index in [2.05, 4.69) is 12.1 Å². The standard InChI is InChI=1S/C28H28N2O4/c1-18(19-7-3-2-4-8-19)17-30(25(27(29)33)13-14-26(31)32)28(34)21-11-12-24-22(16-21)15-20-9-5-6-10-23(20)24/h2-12,16,18,25H,13-15,17H2,1H3,(H2,29,33)(H,31,32)/t18-,25-/m0/s1. The van der Waals surface area contributed by atoms with Gasteiger partial charge in [0.1, 0.15) is 6.04 Å². The highest BCUT2D eigenvalue weighted by Gasteiger charge is 2.31. The highest BCUT2D eigenvalue weighted by Crippen LogP contribution is 2.37. The maximum Gasteiger partial charge on any atom is 0.303 e. The Morgan fingerprint density at radius 2 is 1.62 bits per heavy atom. The molecule has 2 atom stereocenters. The van der Waals surface area contributed by atoms with E-state index in [4.69, 9.17) is 5.73 Å². The Labute approximate surface area is 199 Å². The fourth-order valence-electron chi connectivity index (χ4n) is 4.69. The molecule has 0 aromatic heterocycles. The van der Waals surface area contributed by atoms with Crippen molar-refractivity contribution in [2.75, 3.05) is 6.54 Å². The molecule has 0 bridgehead atoms. The van der Waals surface area contributed by atoms with Crippen molar-refractivity contribution < 1.29 is 19.5 Å². The molecule has 0 saturated heterocycles. The van der Waals surface area contributed by atoms with E-state index in [0.29, 0.717) is 5.56 Å². The number of carboxylic acid groups (broad SMARTS) is 1. The van der Waals surface area contributed by atoms with Gasteiger partial charge in [0.15, 0.2) is 0 Å². The van der Waals surface area contributed by atoms with E-state index in [1.165, 1.54) is 16.0 Å². The van der Waals surface area contributed by atoms with Crippen molar-refractivity contribution in [3.63, 3.8) is 0 Å². The molecule has 174 valence electrons. The summed E-state index contributed by atoms with van der Waals surface area (Å²) in [5.41, 5.74) is 11.7. The van der Waals surface area contributed by atoms with Gasteiger partial charge in [0.25, 0.3) is 5.91 Å². The van der Waals surface area contributed by atoms with Crippen LogP contribution in [0.25, 0.3) is 11.1 Å². The number of nitrogens with zero attached hydrogens (tertiary/aromatic N) is 1. The molecule has 3 N–H and O–H groups in total. The van der Waals surface area contributed by atoms with E-state index in [1.807, 2.05) is 61.5 Å². The Balaban J connectivity index is 1.66. The highest BCUT2D eigenvalue weighted by atomic mass is 16.4. The fourth-order valence-corrected chi connectivity index (χ4v) is 4.69. The number of amides is 2. The van der Waals surface area contributed by atoms with E-state index in [9.17, 15) is 19.5 Å². The quantitative estimate of drug-likeness (QED) is 0.394. The second-order valence-corrected chi connectivity index (χ2v) is 8.83. The van der Waals surface area contributed by atoms with Gasteiger partial charge in [-0.1, -0.05) is 67.6 Å². The average Bonchev–Trinajstić information content (AvgIpc) is 3.21. The van der Waals surface area contributed by atoms with Gasteiger partial charge in [-0.15, -0.1) is 0 Å². The predicted octanol–water partition coefficient (Wildman–Crippen LogP) is 4.22. The molecule has 2 amide bonds. The summed E-state index contributed by atoms with van der Waals surface area (Å²) in [5, 5.41) is 9.18. The van der Waals surface area contributed by atoms with Crippen LogP contribution in [-0.2, 0) is 16.0 Å². The zero-order valence-electron chi connectivity index (χ0n) is 19.1. The maximum absolute atomic E-state index is 13.7. The third kappa shape index (κ3) is 4.86. The number of primary amides is 1. The van der Waals surface area contributed by atoms with Gasteiger partial charge in [0.2, 0.25) is 5.91 Å². The van der Waals surface area contributed by atoms with Crippen LogP contribution < -0.4 is 5.73 Å². The van der Waals surface area contributed by atoms with Crippen molar-refractivity contribution >= 4 is 17.8 Å². The summed E-state index contributed by atoms with van der Waals surface area (Å²) in [6.45, 7) is 2.22. The minimum atomic E-state index is -1.04. The Kier molecular flexibility index (Phi) is 6.77. The molecule has 3 aromatic rings. The van der Waals surface area contributed by atoms with Crippen molar-refractivity contribution in [2.45, 2.75) is 38.1 Å². The fraction of sp³-hybridized carbons (Fsp3) is 0.250. The molecule has 4 rings (SSSR count). The van der Waals surface area contributed by atoms with Crippen molar-refractivity contribution in [3.05, 3.63) is 95.1 Å². The first-order valence-corrected chi connectivity index (χ1v) is 11.4. The second-order valence-electron chi connectivity index (χ2n) is 8.83. The van der Waals surface area contributed by atoms with Crippen LogP contribution in [0.1, 0.15) is 52.7 Å². The van der Waals surface area contributed by atoms with Crippen LogP contribution in [0.3, 0.4) is 0 Å². The van der Waals surface area contributed by atoms with E-state index in [1.54, 1.807) is 6.07 Å². The van der Waals surface area contributed by atoms with Crippen LogP contribution in [0, 0.1) is 0 Å². The number of benzene rings is 3. The topological polar surface area (TPSA) is 101 Å². The lowest BCUT2D eigenvalue weighted by atomic mass is 9.97. The van der Waals surface area contributed by atoms with Crippen molar-refractivity contribution in [3.8, 4) is 11.1 Å². The Hall–Kier alpha value is -3.93. The molecule has 6 nitrogen and oxygen atoms in total. The largest absolute Gasteiger partial charge is 0.481 e. The van der Waals surface area contributed by atoms with Crippen LogP contribution >= 0.6 is 0 Å². The molecular weight excluding hydrogens is 428 g/mol. The SMILES string of the molecule is C[C@@H](CN(C(=O)c1ccc2c(c1)Cc1ccccc1-2)[C@@H](CCC(=O)O)C(N)=O)c1ccccc1. The first-order valence-electron chi connectivity index (χ1n) is 11.4. The molecule has 0 heterocycles. The zero-order chi connectivity index (χ0) is 24.2. The number of hydrogen-bond acceptors (Lipinski definition) is 3. The van der Waals surface area contributed by atoms with Gasteiger partial charge >= 0.3 is 5.97 Å². The molecule has 0 aliphatic heterocycles. The van der Waals surface area contributed by atoms with Crippen molar-refractivity contribution in [1.82, 2.24) is 4.90 Å². The Morgan fingerprint density at radius 1 is 0.941 bits per heavy atom. The predicted molar refractivity (Wildman–Crippen MR) is 130 cm³/mol. The van der Waals surface area contributed by atoms with E-state index in [0.717, 1.165) is 23.1 Å². The van der Waals surface area contributed by atoms with Gasteiger partial charge in [0.05, 0.1) is 0 Å². The van der Waals surface area contributed by atoms with Crippen LogP contribution in [-0.4, -0.2) is 40.4 Å². The average molecular weight is 457 g/mol. The molecule has 0 radical (unpaired) electrons. The zero-order valence-corrected chi connectivity index (χ0v) is 19.1. The number of fused-ring (bicyclic) bond motifs is 3. The van der Waals surface area contributed by atoms with Crippen LogP contribution in [0.4, 0.5) is 0 Å². The van der Waals surface area contributed by atoms with Gasteiger partial charge in [-0.25, -0.2) is 0 Å². The lowest BCUT2D eigenvalue weighted by Gasteiger charge is -2.32. The monoisotopic (exact) mass is 456 g/mol. The van der Waals surface area contributed by atoms with E-state index >= 15 is 0 Å². The third-order valence-electron chi connectivity index (χ3n) is 6.48. The minimum absolute atomic E-state index is 0.0334. The first kappa shape index (κ1) is 23.2. The lowest BCUT2D eigenvalue weighted by Crippen LogP contribution is -2.49. The molecular formula is C28H28N2O4. The Bertz CT molecular complexity index is 1220. The van der Waals surface area contributed by atoms with Gasteiger partial charge < -0.3 is 15.7 Å². The smallest absolute Gasteiger partial charge is 0.303 e. The number of carboxylic acids is 1. The summed E-state index contributed by atoms with van der Waals surface area (Å²) in [7, 11) is 0. The van der Waals surface area contributed by atoms with Gasteiger partial charge in [-0.2, -0.15) is 0 Å². The Morgan fingerprint density at radius 3 is 2.32 bits per heavy atom. The summed E-state index contributed by atoms with van der Waals surface area (Å²) < 4.78 is 0. The van der Waals surface area contributed by atoms with Gasteiger partial charge in [-0.05, 0) is 58.7 Å². The summed E-state index contributed by atoms with van der Waals surface area (Å²) in [5.74, 6) is -2.14. The molecule has 3 aromatic carbocycles. The molecule has 34 heavy (non-hydrogen) atoms. The molecule has 0 saturated carbocycles. The molecule has 6 heteroatoms. The first-order chi connectivity index (χ1) is 16.3. The number of carbonyl (C=O) groups excluding carboxylic acids is 2. The molecule has 0 unspecified atom stereocenters. The maximum atomic E-state index is 13.7. The third-order valence-corrected chi connectivity index (χ3v) is 6.48. The number of aliphatic carboxylic acids is 1. The molecule has 0 fully saturated rings. The number of carbonyl (C=O) groups is 3. The van der Waals surface area contributed by atoms with Crippen molar-refractivity contribution in [2.24, 2.45) is 5.73 Å². The molecule has 0 spiro atoms. The van der Waals surface area contributed by atoms with Gasteiger partial charge in [-0.3, -0.25) is 14.4 Å². The summed E-state index contributed by atoms with van der Waals surface area (Å²) in [6.07, 6.45) is 0.455. The number of rotatable bonds is 9. The molecule has 1 aliphatic carbocycles. The van der Waals surface area contributed by atoms with E-state index < -0.39 is 17.9 Å². The van der Waals surface area contributed by atoms with Crippen LogP contribution in [0.2, 0.25) is 0 Å². The summed E-state index contributed by atoms with van der Waals surface area (Å²) >= 11 is 0. The lowest BCUT2D eigenvalue weighted by molar-refractivity contribution is -0.137. The number of hydrogen-bond donors (Lipinski definition) is 2. The second kappa shape index (κ2) is 9.91.